The molecule has 1 aliphatic heterocycles. The molecular formula is C19H18BrClN2O3. The average Bonchev–Trinajstić information content (AvgIpc) is 2.60. The van der Waals surface area contributed by atoms with Crippen LogP contribution in [0.15, 0.2) is 47.8 Å². The monoisotopic (exact) mass is 436 g/mol. The minimum Gasteiger partial charge on any atom is -0.478 e. The molecule has 0 bridgehead atoms. The largest absolute Gasteiger partial charge is 0.478 e. The quantitative estimate of drug-likeness (QED) is 0.657. The fraction of sp³-hybridized carbons (Fsp3) is 0.263. The third-order valence-electron chi connectivity index (χ3n) is 4.07. The number of allylic oxidation sites excluding steroid dienone is 1. The van der Waals surface area contributed by atoms with Crippen molar-refractivity contribution in [2.75, 3.05) is 10.6 Å². The number of ether oxygens (including phenoxy) is 1. The summed E-state index contributed by atoms with van der Waals surface area (Å²) in [6.07, 6.45) is 1.54. The van der Waals surface area contributed by atoms with Gasteiger partial charge in [-0.25, -0.2) is 9.78 Å². The Balaban J connectivity index is 2.31. The van der Waals surface area contributed by atoms with E-state index in [-0.39, 0.29) is 11.7 Å². The molecule has 0 fully saturated rings. The summed E-state index contributed by atoms with van der Waals surface area (Å²) >= 11 is 9.82. The van der Waals surface area contributed by atoms with Crippen molar-refractivity contribution in [3.8, 4) is 5.88 Å². The number of carboxylic acid groups (broad SMARTS) is 1. The van der Waals surface area contributed by atoms with Gasteiger partial charge in [-0.1, -0.05) is 45.7 Å². The minimum absolute atomic E-state index is 0.101. The number of carbonyl (C=O) groups is 1. The lowest BCUT2D eigenvalue weighted by molar-refractivity contribution is -0.132. The Morgan fingerprint density at radius 3 is 2.73 bits per heavy atom. The van der Waals surface area contributed by atoms with Crippen molar-refractivity contribution in [1.29, 1.82) is 0 Å². The summed E-state index contributed by atoms with van der Waals surface area (Å²) in [4.78, 5) is 16.5. The summed E-state index contributed by atoms with van der Waals surface area (Å²) in [5.41, 5.74) is 2.95. The van der Waals surface area contributed by atoms with Gasteiger partial charge in [0, 0.05) is 27.9 Å². The number of aromatic nitrogens is 1. The lowest BCUT2D eigenvalue weighted by atomic mass is 9.81. The van der Waals surface area contributed by atoms with Crippen molar-refractivity contribution in [3.63, 3.8) is 0 Å². The van der Waals surface area contributed by atoms with Gasteiger partial charge >= 0.3 is 5.97 Å². The number of hydrogen-bond acceptors (Lipinski definition) is 4. The normalized spacial score (nSPS) is 16.3. The molecule has 0 radical (unpaired) electrons. The molecule has 2 heterocycles. The van der Waals surface area contributed by atoms with E-state index < -0.39 is 11.9 Å². The van der Waals surface area contributed by atoms with Gasteiger partial charge in [0.05, 0.1) is 23.2 Å². The van der Waals surface area contributed by atoms with Gasteiger partial charge in [0.2, 0.25) is 5.88 Å². The zero-order valence-corrected chi connectivity index (χ0v) is 16.6. The van der Waals surface area contributed by atoms with Crippen LogP contribution in [0.25, 0.3) is 0 Å². The Bertz CT molecular complexity index is 883. The second-order valence-corrected chi connectivity index (χ2v) is 7.12. The highest BCUT2D eigenvalue weighted by Crippen LogP contribution is 2.47. The van der Waals surface area contributed by atoms with Gasteiger partial charge in [-0.15, -0.1) is 0 Å². The highest BCUT2D eigenvalue weighted by atomic mass is 79.9. The topological polar surface area (TPSA) is 71.5 Å². The predicted octanol–water partition coefficient (Wildman–Crippen LogP) is 4.81. The Hall–Kier alpha value is -2.05. The molecule has 136 valence electrons. The molecule has 0 amide bonds. The highest BCUT2D eigenvalue weighted by Gasteiger charge is 2.37. The number of anilines is 1. The number of rotatable bonds is 5. The Labute approximate surface area is 165 Å². The summed E-state index contributed by atoms with van der Waals surface area (Å²) in [5, 5.41) is 14.0. The first-order chi connectivity index (χ1) is 12.4. The lowest BCUT2D eigenvalue weighted by Gasteiger charge is -2.31. The molecule has 7 heteroatoms. The third-order valence-corrected chi connectivity index (χ3v) is 4.97. The van der Waals surface area contributed by atoms with E-state index in [9.17, 15) is 9.90 Å². The van der Waals surface area contributed by atoms with Crippen LogP contribution in [0, 0.1) is 0 Å². The number of fused-ring (bicyclic) bond motifs is 1. The Kier molecular flexibility index (Phi) is 5.53. The molecule has 5 nitrogen and oxygen atoms in total. The summed E-state index contributed by atoms with van der Waals surface area (Å²) < 4.78 is 5.88. The van der Waals surface area contributed by atoms with Crippen LogP contribution in [0.2, 0.25) is 5.02 Å². The Morgan fingerprint density at radius 1 is 1.38 bits per heavy atom. The molecule has 1 atom stereocenters. The molecule has 1 aromatic carbocycles. The second-order valence-electron chi connectivity index (χ2n) is 6.15. The smallest absolute Gasteiger partial charge is 0.334 e. The van der Waals surface area contributed by atoms with Crippen LogP contribution in [0.1, 0.15) is 30.9 Å². The van der Waals surface area contributed by atoms with E-state index in [2.05, 4.69) is 26.2 Å². The van der Waals surface area contributed by atoms with Crippen LogP contribution in [-0.2, 0) is 4.79 Å². The van der Waals surface area contributed by atoms with E-state index in [1.807, 2.05) is 38.1 Å². The van der Waals surface area contributed by atoms with Crippen LogP contribution in [-0.4, -0.2) is 27.5 Å². The number of benzene rings is 1. The molecule has 0 saturated heterocycles. The summed E-state index contributed by atoms with van der Waals surface area (Å²) in [5.74, 6) is -1.20. The number of pyridine rings is 1. The second kappa shape index (κ2) is 7.68. The predicted molar refractivity (Wildman–Crippen MR) is 105 cm³/mol. The van der Waals surface area contributed by atoms with Crippen molar-refractivity contribution in [2.45, 2.75) is 25.9 Å². The van der Waals surface area contributed by atoms with Crippen molar-refractivity contribution in [1.82, 2.24) is 4.98 Å². The molecule has 1 aliphatic rings. The zero-order chi connectivity index (χ0) is 18.8. The maximum Gasteiger partial charge on any atom is 0.334 e. The van der Waals surface area contributed by atoms with Crippen LogP contribution < -0.4 is 10.1 Å². The van der Waals surface area contributed by atoms with E-state index in [0.717, 1.165) is 5.69 Å². The van der Waals surface area contributed by atoms with Gasteiger partial charge in [-0.3, -0.25) is 0 Å². The van der Waals surface area contributed by atoms with Gasteiger partial charge in [0.25, 0.3) is 0 Å². The molecule has 2 N–H and O–H groups in total. The van der Waals surface area contributed by atoms with Gasteiger partial charge in [0.15, 0.2) is 0 Å². The first-order valence-corrected chi connectivity index (χ1v) is 9.63. The number of carboxylic acids is 1. The summed E-state index contributed by atoms with van der Waals surface area (Å²) in [6, 6.07) is 9.07. The van der Waals surface area contributed by atoms with Crippen molar-refractivity contribution in [3.05, 3.63) is 63.9 Å². The zero-order valence-electron chi connectivity index (χ0n) is 14.3. The van der Waals surface area contributed by atoms with Gasteiger partial charge in [-0.2, -0.15) is 0 Å². The van der Waals surface area contributed by atoms with Crippen molar-refractivity contribution < 1.29 is 14.6 Å². The number of aliphatic carboxylic acids is 1. The molecule has 1 aromatic heterocycles. The fourth-order valence-corrected chi connectivity index (χ4v) is 3.77. The first kappa shape index (κ1) is 18.7. The number of nitrogens with one attached hydrogen (secondary N) is 1. The van der Waals surface area contributed by atoms with E-state index in [1.165, 1.54) is 0 Å². The molecule has 0 spiro atoms. The molecule has 1 unspecified atom stereocenters. The molecule has 0 aliphatic carbocycles. The first-order valence-electron chi connectivity index (χ1n) is 8.13. The summed E-state index contributed by atoms with van der Waals surface area (Å²) in [7, 11) is 0. The minimum atomic E-state index is -1.01. The lowest BCUT2D eigenvalue weighted by Crippen LogP contribution is -2.26. The molecule has 2 aromatic rings. The number of halogens is 2. The molecule has 0 saturated carbocycles. The summed E-state index contributed by atoms with van der Waals surface area (Å²) in [6.45, 7) is 3.80. The van der Waals surface area contributed by atoms with Crippen LogP contribution >= 0.6 is 27.5 Å². The maximum atomic E-state index is 12.1. The van der Waals surface area contributed by atoms with Crippen LogP contribution in [0.5, 0.6) is 5.88 Å². The SMILES string of the molecule is CC(C)Oc1nccc2c1C(c1ccccc1Cl)C(C(=O)O)=C(CBr)N2. The van der Waals surface area contributed by atoms with Crippen molar-refractivity contribution >= 4 is 39.2 Å². The van der Waals surface area contributed by atoms with Crippen molar-refractivity contribution in [2.24, 2.45) is 0 Å². The number of alkyl halides is 1. The standard InChI is InChI=1S/C19H18BrClN2O3/c1-10(2)26-18-16-13(7-8-22-18)23-14(9-20)17(19(24)25)15(16)11-5-3-4-6-12(11)21/h3-8,10,15,23H,9H2,1-2H3,(H,24,25). The van der Waals surface area contributed by atoms with Gasteiger partial charge in [-0.05, 0) is 31.5 Å². The average molecular weight is 438 g/mol. The van der Waals surface area contributed by atoms with E-state index in [1.54, 1.807) is 12.3 Å². The molecular weight excluding hydrogens is 420 g/mol. The fourth-order valence-electron chi connectivity index (χ4n) is 3.09. The van der Waals surface area contributed by atoms with Crippen LogP contribution in [0.3, 0.4) is 0 Å². The number of hydrogen-bond donors (Lipinski definition) is 2. The van der Waals surface area contributed by atoms with E-state index in [0.29, 0.717) is 33.1 Å². The Morgan fingerprint density at radius 2 is 2.12 bits per heavy atom. The van der Waals surface area contributed by atoms with E-state index in [4.69, 9.17) is 16.3 Å². The highest BCUT2D eigenvalue weighted by molar-refractivity contribution is 9.09. The molecule has 3 rings (SSSR count). The number of nitrogens with zero attached hydrogens (tertiary/aromatic N) is 1. The van der Waals surface area contributed by atoms with E-state index >= 15 is 0 Å². The van der Waals surface area contributed by atoms with Crippen LogP contribution in [0.4, 0.5) is 5.69 Å². The third kappa shape index (κ3) is 3.44. The van der Waals surface area contributed by atoms with Gasteiger partial charge in [0.1, 0.15) is 0 Å². The molecule has 26 heavy (non-hydrogen) atoms. The maximum absolute atomic E-state index is 12.1. The van der Waals surface area contributed by atoms with Gasteiger partial charge < -0.3 is 15.2 Å².